The number of hydrogen-bond donors (Lipinski definition) is 2. The Morgan fingerprint density at radius 1 is 1.32 bits per heavy atom. The Bertz CT molecular complexity index is 441. The van der Waals surface area contributed by atoms with Crippen molar-refractivity contribution in [2.75, 3.05) is 24.2 Å². The molecule has 19 heavy (non-hydrogen) atoms. The second-order valence-electron chi connectivity index (χ2n) is 5.03. The van der Waals surface area contributed by atoms with E-state index in [1.807, 2.05) is 0 Å². The first-order valence-electron chi connectivity index (χ1n) is 6.77. The van der Waals surface area contributed by atoms with Crippen molar-refractivity contribution in [1.29, 1.82) is 0 Å². The number of aromatic nitrogens is 2. The van der Waals surface area contributed by atoms with Crippen molar-refractivity contribution in [3.63, 3.8) is 0 Å². The van der Waals surface area contributed by atoms with Crippen molar-refractivity contribution >= 4 is 23.7 Å². The number of anilines is 1. The lowest BCUT2D eigenvalue weighted by atomic mass is 10.2. The van der Waals surface area contributed by atoms with Gasteiger partial charge in [0.15, 0.2) is 0 Å². The van der Waals surface area contributed by atoms with E-state index < -0.39 is 0 Å². The molecule has 7 heteroatoms. The van der Waals surface area contributed by atoms with Gasteiger partial charge in [0.05, 0.1) is 5.75 Å². The first-order valence-corrected chi connectivity index (χ1v) is 7.82. The fourth-order valence-corrected chi connectivity index (χ4v) is 3.12. The fraction of sp³-hybridized carbons (Fsp3) is 0.750. The van der Waals surface area contributed by atoms with Crippen LogP contribution in [0, 0.1) is 0 Å². The summed E-state index contributed by atoms with van der Waals surface area (Å²) in [5.41, 5.74) is 0. The molecule has 0 unspecified atom stereocenters. The van der Waals surface area contributed by atoms with Gasteiger partial charge in [0.2, 0.25) is 11.8 Å². The summed E-state index contributed by atoms with van der Waals surface area (Å²) in [7, 11) is 0. The Balaban J connectivity index is 1.42. The van der Waals surface area contributed by atoms with Crippen LogP contribution in [-0.2, 0) is 4.79 Å². The van der Waals surface area contributed by atoms with E-state index in [9.17, 15) is 4.79 Å². The standard InChI is InChI=1S/C12H18N4O2S/c17-10(7-19-9-3-5-13-6-4-9)14-12-16-15-11(18-12)8-1-2-8/h8-9,13H,1-7H2,(H,14,16,17). The van der Waals surface area contributed by atoms with Crippen LogP contribution in [0.4, 0.5) is 6.01 Å². The summed E-state index contributed by atoms with van der Waals surface area (Å²) >= 11 is 1.71. The summed E-state index contributed by atoms with van der Waals surface area (Å²) in [6, 6.07) is 0.234. The number of carbonyl (C=O) groups is 1. The molecular formula is C12H18N4O2S. The fourth-order valence-electron chi connectivity index (χ4n) is 2.09. The monoisotopic (exact) mass is 282 g/mol. The van der Waals surface area contributed by atoms with Gasteiger partial charge in [0.25, 0.3) is 0 Å². The van der Waals surface area contributed by atoms with Gasteiger partial charge >= 0.3 is 6.01 Å². The zero-order valence-electron chi connectivity index (χ0n) is 10.7. The maximum Gasteiger partial charge on any atom is 0.322 e. The van der Waals surface area contributed by atoms with Crippen molar-refractivity contribution in [2.45, 2.75) is 36.9 Å². The molecule has 0 aromatic carbocycles. The highest BCUT2D eigenvalue weighted by molar-refractivity contribution is 8.00. The number of hydrogen-bond acceptors (Lipinski definition) is 6. The molecule has 0 atom stereocenters. The lowest BCUT2D eigenvalue weighted by Crippen LogP contribution is -2.30. The quantitative estimate of drug-likeness (QED) is 0.849. The van der Waals surface area contributed by atoms with E-state index in [1.54, 1.807) is 11.8 Å². The molecule has 1 aliphatic carbocycles. The molecule has 1 aromatic heterocycles. The molecule has 2 aliphatic rings. The third-order valence-electron chi connectivity index (χ3n) is 3.35. The van der Waals surface area contributed by atoms with Crippen LogP contribution in [0.1, 0.15) is 37.5 Å². The van der Waals surface area contributed by atoms with Gasteiger partial charge in [-0.1, -0.05) is 5.10 Å². The average molecular weight is 282 g/mol. The van der Waals surface area contributed by atoms with Crippen molar-refractivity contribution in [3.8, 4) is 0 Å². The number of amides is 1. The van der Waals surface area contributed by atoms with E-state index in [1.165, 1.54) is 0 Å². The van der Waals surface area contributed by atoms with Gasteiger partial charge < -0.3 is 9.73 Å². The van der Waals surface area contributed by atoms with Crippen molar-refractivity contribution in [1.82, 2.24) is 15.5 Å². The molecule has 2 fully saturated rings. The molecule has 0 radical (unpaired) electrons. The summed E-state index contributed by atoms with van der Waals surface area (Å²) in [5.74, 6) is 1.46. The Morgan fingerprint density at radius 2 is 2.11 bits per heavy atom. The van der Waals surface area contributed by atoms with Crippen LogP contribution in [0.3, 0.4) is 0 Å². The van der Waals surface area contributed by atoms with E-state index >= 15 is 0 Å². The number of thioether (sulfide) groups is 1. The van der Waals surface area contributed by atoms with Gasteiger partial charge in [-0.25, -0.2) is 0 Å². The molecule has 1 amide bonds. The Labute approximate surface area is 116 Å². The molecule has 104 valence electrons. The SMILES string of the molecule is O=C(CSC1CCNCC1)Nc1nnc(C2CC2)o1. The number of nitrogens with zero attached hydrogens (tertiary/aromatic N) is 2. The van der Waals surface area contributed by atoms with Crippen LogP contribution in [0.2, 0.25) is 0 Å². The Hall–Kier alpha value is -1.08. The molecular weight excluding hydrogens is 264 g/mol. The summed E-state index contributed by atoms with van der Waals surface area (Å²) < 4.78 is 5.40. The van der Waals surface area contributed by atoms with Crippen LogP contribution in [0.15, 0.2) is 4.42 Å². The molecule has 2 heterocycles. The highest BCUT2D eigenvalue weighted by Gasteiger charge is 2.29. The number of rotatable bonds is 5. The summed E-state index contributed by atoms with van der Waals surface area (Å²) in [6.45, 7) is 2.10. The molecule has 2 N–H and O–H groups in total. The Morgan fingerprint density at radius 3 is 2.84 bits per heavy atom. The van der Waals surface area contributed by atoms with Gasteiger partial charge in [-0.15, -0.1) is 16.9 Å². The zero-order valence-corrected chi connectivity index (χ0v) is 11.5. The van der Waals surface area contributed by atoms with Crippen LogP contribution >= 0.6 is 11.8 Å². The number of nitrogens with one attached hydrogen (secondary N) is 2. The highest BCUT2D eigenvalue weighted by Crippen LogP contribution is 2.39. The van der Waals surface area contributed by atoms with Gasteiger partial charge in [0.1, 0.15) is 0 Å². The van der Waals surface area contributed by atoms with Crippen LogP contribution in [-0.4, -0.2) is 40.2 Å². The van der Waals surface area contributed by atoms with Gasteiger partial charge in [-0.2, -0.15) is 0 Å². The van der Waals surface area contributed by atoms with Crippen molar-refractivity contribution in [3.05, 3.63) is 5.89 Å². The molecule has 1 saturated heterocycles. The summed E-state index contributed by atoms with van der Waals surface area (Å²) in [5, 5.41) is 14.3. The first kappa shape index (κ1) is 12.9. The second-order valence-corrected chi connectivity index (χ2v) is 6.32. The molecule has 0 spiro atoms. The smallest absolute Gasteiger partial charge is 0.322 e. The van der Waals surface area contributed by atoms with E-state index in [0.717, 1.165) is 38.8 Å². The van der Waals surface area contributed by atoms with E-state index in [4.69, 9.17) is 4.42 Å². The first-order chi connectivity index (χ1) is 9.31. The zero-order chi connectivity index (χ0) is 13.1. The summed E-state index contributed by atoms with van der Waals surface area (Å²) in [6.07, 6.45) is 4.48. The van der Waals surface area contributed by atoms with Crippen LogP contribution in [0.25, 0.3) is 0 Å². The third-order valence-corrected chi connectivity index (χ3v) is 4.72. The Kier molecular flexibility index (Phi) is 4.03. The molecule has 1 saturated carbocycles. The normalized spacial score (nSPS) is 20.4. The largest absolute Gasteiger partial charge is 0.408 e. The average Bonchev–Trinajstić information content (AvgIpc) is 3.19. The molecule has 6 nitrogen and oxygen atoms in total. The molecule has 0 bridgehead atoms. The van der Waals surface area contributed by atoms with E-state index in [2.05, 4.69) is 20.8 Å². The summed E-state index contributed by atoms with van der Waals surface area (Å²) in [4.78, 5) is 11.8. The number of carbonyl (C=O) groups excluding carboxylic acids is 1. The lowest BCUT2D eigenvalue weighted by molar-refractivity contribution is -0.113. The third kappa shape index (κ3) is 3.70. The predicted octanol–water partition coefficient (Wildman–Crippen LogP) is 1.37. The lowest BCUT2D eigenvalue weighted by Gasteiger charge is -2.21. The van der Waals surface area contributed by atoms with E-state index in [0.29, 0.717) is 22.8 Å². The minimum absolute atomic E-state index is 0.0606. The molecule has 3 rings (SSSR count). The minimum Gasteiger partial charge on any atom is -0.408 e. The van der Waals surface area contributed by atoms with Gasteiger partial charge in [0, 0.05) is 11.2 Å². The second kappa shape index (κ2) is 5.92. The number of piperidine rings is 1. The van der Waals surface area contributed by atoms with Crippen molar-refractivity contribution < 1.29 is 9.21 Å². The predicted molar refractivity (Wildman–Crippen MR) is 73.3 cm³/mol. The topological polar surface area (TPSA) is 80.0 Å². The maximum absolute atomic E-state index is 11.8. The van der Waals surface area contributed by atoms with Crippen LogP contribution < -0.4 is 10.6 Å². The molecule has 1 aromatic rings. The minimum atomic E-state index is -0.0606. The van der Waals surface area contributed by atoms with Gasteiger partial charge in [-0.3, -0.25) is 10.1 Å². The maximum atomic E-state index is 11.8. The van der Waals surface area contributed by atoms with Gasteiger partial charge in [-0.05, 0) is 38.8 Å². The van der Waals surface area contributed by atoms with Crippen LogP contribution in [0.5, 0.6) is 0 Å². The highest BCUT2D eigenvalue weighted by atomic mass is 32.2. The van der Waals surface area contributed by atoms with E-state index in [-0.39, 0.29) is 11.9 Å². The van der Waals surface area contributed by atoms with Crippen molar-refractivity contribution in [2.24, 2.45) is 0 Å². The molecule has 1 aliphatic heterocycles.